The Balaban J connectivity index is 1.48. The number of nitrogens with one attached hydrogen (secondary N) is 2. The fraction of sp³-hybridized carbons (Fsp3) is 0.316. The van der Waals surface area contributed by atoms with Gasteiger partial charge in [-0.15, -0.1) is 0 Å². The quantitative estimate of drug-likeness (QED) is 0.864. The number of hydrogen-bond acceptors (Lipinski definition) is 5. The third kappa shape index (κ3) is 3.25. The molecule has 0 unspecified atom stereocenters. The Bertz CT molecular complexity index is 893. The summed E-state index contributed by atoms with van der Waals surface area (Å²) in [5, 5.41) is 5.57. The van der Waals surface area contributed by atoms with Crippen molar-refractivity contribution in [1.82, 2.24) is 4.90 Å². The van der Waals surface area contributed by atoms with Crippen molar-refractivity contribution in [2.75, 3.05) is 17.2 Å². The maximum absolute atomic E-state index is 12.7. The highest BCUT2D eigenvalue weighted by Gasteiger charge is 2.35. The van der Waals surface area contributed by atoms with Gasteiger partial charge in [0, 0.05) is 12.2 Å². The molecule has 0 saturated carbocycles. The molecule has 2 aromatic rings. The predicted octanol–water partition coefficient (Wildman–Crippen LogP) is 2.24. The van der Waals surface area contributed by atoms with Crippen molar-refractivity contribution in [3.8, 4) is 5.75 Å². The van der Waals surface area contributed by atoms with Gasteiger partial charge in [-0.1, -0.05) is 0 Å². The summed E-state index contributed by atoms with van der Waals surface area (Å²) in [6.07, 6.45) is 2.21. The summed E-state index contributed by atoms with van der Waals surface area (Å²) in [4.78, 5) is 38.5. The van der Waals surface area contributed by atoms with Crippen LogP contribution in [0.3, 0.4) is 0 Å². The van der Waals surface area contributed by atoms with Gasteiger partial charge < -0.3 is 24.7 Å². The summed E-state index contributed by atoms with van der Waals surface area (Å²) in [6, 6.07) is 7.70. The van der Waals surface area contributed by atoms with Crippen molar-refractivity contribution in [2.45, 2.75) is 31.9 Å². The van der Waals surface area contributed by atoms with Crippen LogP contribution in [-0.4, -0.2) is 41.3 Å². The van der Waals surface area contributed by atoms with Crippen molar-refractivity contribution >= 4 is 29.1 Å². The molecule has 3 amide bonds. The highest BCUT2D eigenvalue weighted by molar-refractivity contribution is 6.02. The Morgan fingerprint density at radius 3 is 2.93 bits per heavy atom. The smallest absolute Gasteiger partial charge is 0.290 e. The van der Waals surface area contributed by atoms with Gasteiger partial charge in [0.05, 0.1) is 12.0 Å². The van der Waals surface area contributed by atoms with Crippen LogP contribution in [0.1, 0.15) is 30.3 Å². The Morgan fingerprint density at radius 2 is 2.15 bits per heavy atom. The number of fused-ring (bicyclic) bond motifs is 1. The van der Waals surface area contributed by atoms with Gasteiger partial charge in [-0.05, 0) is 50.1 Å². The second kappa shape index (κ2) is 6.79. The highest BCUT2D eigenvalue weighted by Crippen LogP contribution is 2.32. The van der Waals surface area contributed by atoms with Crippen molar-refractivity contribution < 1.29 is 23.5 Å². The Kier molecular flexibility index (Phi) is 4.31. The van der Waals surface area contributed by atoms with Gasteiger partial charge in [0.25, 0.3) is 11.8 Å². The molecule has 2 aliphatic rings. The standard InChI is InChI=1S/C19H19N3O5/c1-11-17(23)21-13-10-12(6-7-15(13)27-11)20-18(24)14-4-2-8-22(14)19(25)16-5-3-9-26-16/h3,5-7,9-11,14H,2,4,8H2,1H3,(H,20,24)(H,21,23)/t11-,14+/m0/s1. The van der Waals surface area contributed by atoms with E-state index < -0.39 is 12.1 Å². The number of likely N-dealkylation sites (tertiary alicyclic amines) is 1. The maximum Gasteiger partial charge on any atom is 0.290 e. The molecule has 2 atom stereocenters. The SMILES string of the molecule is C[C@@H]1Oc2ccc(NC(=O)[C@H]3CCCN3C(=O)c3ccco3)cc2NC1=O. The average molecular weight is 369 g/mol. The van der Waals surface area contributed by atoms with Gasteiger partial charge in [-0.2, -0.15) is 0 Å². The molecule has 8 heteroatoms. The van der Waals surface area contributed by atoms with E-state index in [1.54, 1.807) is 37.3 Å². The van der Waals surface area contributed by atoms with E-state index in [4.69, 9.17) is 9.15 Å². The molecule has 4 rings (SSSR count). The molecule has 3 heterocycles. The first kappa shape index (κ1) is 17.1. The third-order valence-corrected chi connectivity index (χ3v) is 4.73. The summed E-state index contributed by atoms with van der Waals surface area (Å²) in [7, 11) is 0. The number of carbonyl (C=O) groups excluding carboxylic acids is 3. The number of ether oxygens (including phenoxy) is 1. The number of amides is 3. The van der Waals surface area contributed by atoms with E-state index in [9.17, 15) is 14.4 Å². The second-order valence-electron chi connectivity index (χ2n) is 6.58. The van der Waals surface area contributed by atoms with Crippen LogP contribution >= 0.6 is 0 Å². The van der Waals surface area contributed by atoms with E-state index in [0.717, 1.165) is 6.42 Å². The van der Waals surface area contributed by atoms with E-state index in [2.05, 4.69) is 10.6 Å². The van der Waals surface area contributed by atoms with Crippen molar-refractivity contribution in [3.05, 3.63) is 42.4 Å². The minimum Gasteiger partial charge on any atom is -0.479 e. The minimum atomic E-state index is -0.565. The van der Waals surface area contributed by atoms with Crippen LogP contribution in [0.5, 0.6) is 5.75 Å². The van der Waals surface area contributed by atoms with Crippen LogP contribution in [0.25, 0.3) is 0 Å². The average Bonchev–Trinajstić information content (AvgIpc) is 3.34. The summed E-state index contributed by atoms with van der Waals surface area (Å²) >= 11 is 0. The molecule has 1 aromatic heterocycles. The van der Waals surface area contributed by atoms with Crippen molar-refractivity contribution in [3.63, 3.8) is 0 Å². The summed E-state index contributed by atoms with van der Waals surface area (Å²) < 4.78 is 10.7. The fourth-order valence-corrected chi connectivity index (χ4v) is 3.34. The van der Waals surface area contributed by atoms with Crippen LogP contribution in [0.15, 0.2) is 41.0 Å². The van der Waals surface area contributed by atoms with E-state index in [0.29, 0.717) is 30.1 Å². The number of nitrogens with zero attached hydrogens (tertiary/aromatic N) is 1. The largest absolute Gasteiger partial charge is 0.479 e. The fourth-order valence-electron chi connectivity index (χ4n) is 3.34. The van der Waals surface area contributed by atoms with Crippen molar-refractivity contribution in [2.24, 2.45) is 0 Å². The number of anilines is 2. The molecule has 0 aliphatic carbocycles. The predicted molar refractivity (Wildman–Crippen MR) is 96.6 cm³/mol. The van der Waals surface area contributed by atoms with Crippen LogP contribution < -0.4 is 15.4 Å². The first-order valence-electron chi connectivity index (χ1n) is 8.80. The molecule has 2 aliphatic heterocycles. The third-order valence-electron chi connectivity index (χ3n) is 4.73. The molecular formula is C19H19N3O5. The normalized spacial score (nSPS) is 21.2. The molecule has 1 fully saturated rings. The summed E-state index contributed by atoms with van der Waals surface area (Å²) in [5.41, 5.74) is 1.03. The number of furan rings is 1. The number of carbonyl (C=O) groups is 3. The second-order valence-corrected chi connectivity index (χ2v) is 6.58. The molecule has 140 valence electrons. The Labute approximate surface area is 155 Å². The van der Waals surface area contributed by atoms with E-state index in [1.165, 1.54) is 11.2 Å². The zero-order valence-corrected chi connectivity index (χ0v) is 14.7. The first-order chi connectivity index (χ1) is 13.0. The van der Waals surface area contributed by atoms with Gasteiger partial charge in [-0.25, -0.2) is 0 Å². The highest BCUT2D eigenvalue weighted by atomic mass is 16.5. The molecule has 0 spiro atoms. The lowest BCUT2D eigenvalue weighted by molar-refractivity contribution is -0.122. The maximum atomic E-state index is 12.7. The number of rotatable bonds is 3. The van der Waals surface area contributed by atoms with E-state index in [-0.39, 0.29) is 23.5 Å². The Hall–Kier alpha value is -3.29. The molecule has 1 aromatic carbocycles. The molecular weight excluding hydrogens is 350 g/mol. The van der Waals surface area contributed by atoms with Crippen LogP contribution in [0.4, 0.5) is 11.4 Å². The minimum absolute atomic E-state index is 0.220. The molecule has 8 nitrogen and oxygen atoms in total. The van der Waals surface area contributed by atoms with Gasteiger partial charge >= 0.3 is 0 Å². The lowest BCUT2D eigenvalue weighted by Crippen LogP contribution is -2.43. The van der Waals surface area contributed by atoms with E-state index >= 15 is 0 Å². The van der Waals surface area contributed by atoms with Crippen molar-refractivity contribution in [1.29, 1.82) is 0 Å². The van der Waals surface area contributed by atoms with Gasteiger partial charge in [0.15, 0.2) is 11.9 Å². The lowest BCUT2D eigenvalue weighted by Gasteiger charge is -2.25. The van der Waals surface area contributed by atoms with Crippen LogP contribution in [0.2, 0.25) is 0 Å². The number of benzene rings is 1. The molecule has 2 N–H and O–H groups in total. The topological polar surface area (TPSA) is 101 Å². The molecule has 0 bridgehead atoms. The first-order valence-corrected chi connectivity index (χ1v) is 8.80. The monoisotopic (exact) mass is 369 g/mol. The van der Waals surface area contributed by atoms with Crippen LogP contribution in [-0.2, 0) is 9.59 Å². The van der Waals surface area contributed by atoms with Gasteiger partial charge in [-0.3, -0.25) is 14.4 Å². The number of hydrogen-bond donors (Lipinski definition) is 2. The Morgan fingerprint density at radius 1 is 1.30 bits per heavy atom. The summed E-state index contributed by atoms with van der Waals surface area (Å²) in [5.74, 6) is -0.0356. The molecule has 27 heavy (non-hydrogen) atoms. The zero-order valence-electron chi connectivity index (χ0n) is 14.7. The summed E-state index contributed by atoms with van der Waals surface area (Å²) in [6.45, 7) is 2.17. The molecule has 0 radical (unpaired) electrons. The van der Waals surface area contributed by atoms with Crippen LogP contribution in [0, 0.1) is 0 Å². The lowest BCUT2D eigenvalue weighted by atomic mass is 10.1. The van der Waals surface area contributed by atoms with E-state index in [1.807, 2.05) is 0 Å². The van der Waals surface area contributed by atoms with Gasteiger partial charge in [0.1, 0.15) is 11.8 Å². The zero-order chi connectivity index (χ0) is 19.0. The van der Waals surface area contributed by atoms with Gasteiger partial charge in [0.2, 0.25) is 5.91 Å². The molecule has 1 saturated heterocycles.